The van der Waals surface area contributed by atoms with Crippen LogP contribution in [0.4, 0.5) is 5.69 Å². The third-order valence-corrected chi connectivity index (χ3v) is 7.30. The maximum absolute atomic E-state index is 13.1. The summed E-state index contributed by atoms with van der Waals surface area (Å²) in [5.74, 6) is -1.61. The summed E-state index contributed by atoms with van der Waals surface area (Å²) in [6.07, 6.45) is 9.45. The van der Waals surface area contributed by atoms with E-state index in [1.165, 1.54) is 12.8 Å². The van der Waals surface area contributed by atoms with Gasteiger partial charge in [-0.2, -0.15) is 0 Å². The van der Waals surface area contributed by atoms with Gasteiger partial charge < -0.3 is 19.9 Å². The molecule has 0 saturated heterocycles. The van der Waals surface area contributed by atoms with Gasteiger partial charge in [0.25, 0.3) is 0 Å². The summed E-state index contributed by atoms with van der Waals surface area (Å²) in [5.41, 5.74) is 4.63. The highest BCUT2D eigenvalue weighted by Gasteiger charge is 2.35. The third kappa shape index (κ3) is 6.01. The van der Waals surface area contributed by atoms with Crippen LogP contribution in [0.2, 0.25) is 0 Å². The lowest BCUT2D eigenvalue weighted by atomic mass is 9.78. The number of ether oxygens (including phenoxy) is 2. The average molecular weight is 481 g/mol. The fourth-order valence-corrected chi connectivity index (χ4v) is 5.38. The monoisotopic (exact) mass is 480 g/mol. The molecule has 188 valence electrons. The van der Waals surface area contributed by atoms with Crippen LogP contribution in [0.3, 0.4) is 0 Å². The molecule has 2 fully saturated rings. The van der Waals surface area contributed by atoms with Crippen molar-refractivity contribution in [1.29, 1.82) is 0 Å². The molecule has 2 aromatic rings. The lowest BCUT2D eigenvalue weighted by molar-refractivity contribution is -0.147. The van der Waals surface area contributed by atoms with Gasteiger partial charge in [-0.25, -0.2) is 4.98 Å². The summed E-state index contributed by atoms with van der Waals surface area (Å²) in [4.78, 5) is 29.1. The SMILES string of the molecule is CCOc1nccc(-c2ccc(NC(=O)[C@H]3CCCC[C@H]3C(=O)O)cc2COC2CCCC2)c1C. The summed E-state index contributed by atoms with van der Waals surface area (Å²) in [6, 6.07) is 7.81. The van der Waals surface area contributed by atoms with Crippen molar-refractivity contribution in [2.45, 2.75) is 77.9 Å². The van der Waals surface area contributed by atoms with Crippen molar-refractivity contribution in [3.8, 4) is 17.0 Å². The predicted molar refractivity (Wildman–Crippen MR) is 134 cm³/mol. The van der Waals surface area contributed by atoms with E-state index in [1.807, 2.05) is 38.1 Å². The van der Waals surface area contributed by atoms with Crippen LogP contribution in [0.5, 0.6) is 5.88 Å². The molecule has 2 saturated carbocycles. The van der Waals surface area contributed by atoms with Crippen LogP contribution in [0.1, 0.15) is 69.4 Å². The average Bonchev–Trinajstić information content (AvgIpc) is 3.38. The highest BCUT2D eigenvalue weighted by molar-refractivity contribution is 5.95. The fourth-order valence-electron chi connectivity index (χ4n) is 5.38. The molecular weight excluding hydrogens is 444 g/mol. The van der Waals surface area contributed by atoms with Gasteiger partial charge in [-0.15, -0.1) is 0 Å². The maximum atomic E-state index is 13.1. The Morgan fingerprint density at radius 3 is 2.46 bits per heavy atom. The van der Waals surface area contributed by atoms with Crippen LogP contribution >= 0.6 is 0 Å². The molecule has 0 aliphatic heterocycles. The number of anilines is 1. The van der Waals surface area contributed by atoms with Crippen LogP contribution in [0.25, 0.3) is 11.1 Å². The molecule has 1 amide bonds. The van der Waals surface area contributed by atoms with E-state index in [4.69, 9.17) is 9.47 Å². The molecule has 35 heavy (non-hydrogen) atoms. The van der Waals surface area contributed by atoms with E-state index in [9.17, 15) is 14.7 Å². The van der Waals surface area contributed by atoms with E-state index in [2.05, 4.69) is 10.3 Å². The molecule has 1 aromatic carbocycles. The molecule has 1 heterocycles. The van der Waals surface area contributed by atoms with Crippen LogP contribution < -0.4 is 10.1 Å². The zero-order valence-corrected chi connectivity index (χ0v) is 20.7. The van der Waals surface area contributed by atoms with Gasteiger partial charge in [-0.3, -0.25) is 9.59 Å². The Labute approximate surface area is 207 Å². The van der Waals surface area contributed by atoms with Gasteiger partial charge in [-0.1, -0.05) is 31.7 Å². The van der Waals surface area contributed by atoms with Gasteiger partial charge in [0.15, 0.2) is 0 Å². The van der Waals surface area contributed by atoms with Gasteiger partial charge in [0.05, 0.1) is 31.2 Å². The Kier molecular flexibility index (Phi) is 8.39. The second kappa shape index (κ2) is 11.7. The van der Waals surface area contributed by atoms with E-state index in [1.54, 1.807) is 6.20 Å². The Bertz CT molecular complexity index is 1050. The number of benzene rings is 1. The number of hydrogen-bond donors (Lipinski definition) is 2. The number of carbonyl (C=O) groups is 2. The minimum absolute atomic E-state index is 0.216. The van der Waals surface area contributed by atoms with Gasteiger partial charge in [0.1, 0.15) is 0 Å². The predicted octanol–water partition coefficient (Wildman–Crippen LogP) is 5.74. The number of carboxylic acids is 1. The second-order valence-corrected chi connectivity index (χ2v) is 9.64. The number of hydrogen-bond acceptors (Lipinski definition) is 5. The molecule has 7 nitrogen and oxygen atoms in total. The van der Waals surface area contributed by atoms with Gasteiger partial charge >= 0.3 is 5.97 Å². The number of carbonyl (C=O) groups excluding carboxylic acids is 1. The number of rotatable bonds is 9. The van der Waals surface area contributed by atoms with Crippen molar-refractivity contribution < 1.29 is 24.2 Å². The minimum atomic E-state index is -0.885. The zero-order chi connectivity index (χ0) is 24.8. The standard InChI is InChI=1S/C28H36N2O5/c1-3-34-27-18(2)22(14-15-29-27)23-13-12-20(16-19(23)17-35-21-8-4-5-9-21)30-26(31)24-10-6-7-11-25(24)28(32)33/h12-16,21,24-25H,3-11,17H2,1-2H3,(H,30,31)(H,32,33)/t24-,25+/m0/s1. The third-order valence-electron chi connectivity index (χ3n) is 7.30. The molecule has 4 rings (SSSR count). The molecule has 0 radical (unpaired) electrons. The largest absolute Gasteiger partial charge is 0.481 e. The van der Waals surface area contributed by atoms with E-state index in [-0.39, 0.29) is 12.0 Å². The molecule has 0 spiro atoms. The molecule has 0 bridgehead atoms. The first-order valence-electron chi connectivity index (χ1n) is 12.8. The number of aromatic nitrogens is 1. The fraction of sp³-hybridized carbons (Fsp3) is 0.536. The first-order chi connectivity index (χ1) is 17.0. The summed E-state index contributed by atoms with van der Waals surface area (Å²) in [6.45, 7) is 4.92. The minimum Gasteiger partial charge on any atom is -0.481 e. The number of nitrogens with zero attached hydrogens (tertiary/aromatic N) is 1. The number of pyridine rings is 1. The van der Waals surface area contributed by atoms with Crippen molar-refractivity contribution in [2.75, 3.05) is 11.9 Å². The maximum Gasteiger partial charge on any atom is 0.307 e. The Hall–Kier alpha value is -2.93. The molecule has 2 aliphatic rings. The molecule has 2 aliphatic carbocycles. The first kappa shape index (κ1) is 25.2. The van der Waals surface area contributed by atoms with Crippen LogP contribution in [0, 0.1) is 18.8 Å². The van der Waals surface area contributed by atoms with Gasteiger partial charge in [0, 0.05) is 17.4 Å². The van der Waals surface area contributed by atoms with Crippen LogP contribution in [0.15, 0.2) is 30.5 Å². The van der Waals surface area contributed by atoms with E-state index >= 15 is 0 Å². The number of nitrogens with one attached hydrogen (secondary N) is 1. The number of carboxylic acid groups (broad SMARTS) is 1. The lowest BCUT2D eigenvalue weighted by Gasteiger charge is -2.27. The van der Waals surface area contributed by atoms with Crippen molar-refractivity contribution >= 4 is 17.6 Å². The summed E-state index contributed by atoms with van der Waals surface area (Å²) in [5, 5.41) is 12.6. The summed E-state index contributed by atoms with van der Waals surface area (Å²) >= 11 is 0. The quantitative estimate of drug-likeness (QED) is 0.475. The Balaban J connectivity index is 1.61. The zero-order valence-electron chi connectivity index (χ0n) is 20.7. The normalized spacial score (nSPS) is 20.5. The van der Waals surface area contributed by atoms with Crippen LogP contribution in [-0.2, 0) is 20.9 Å². The highest BCUT2D eigenvalue weighted by atomic mass is 16.5. The van der Waals surface area contributed by atoms with Crippen molar-refractivity contribution in [1.82, 2.24) is 4.98 Å². The van der Waals surface area contributed by atoms with E-state index in [0.717, 1.165) is 47.9 Å². The van der Waals surface area contributed by atoms with Crippen molar-refractivity contribution in [3.63, 3.8) is 0 Å². The summed E-state index contributed by atoms with van der Waals surface area (Å²) < 4.78 is 12.0. The highest BCUT2D eigenvalue weighted by Crippen LogP contribution is 2.35. The Morgan fingerprint density at radius 1 is 1.03 bits per heavy atom. The summed E-state index contributed by atoms with van der Waals surface area (Å²) in [7, 11) is 0. The van der Waals surface area contributed by atoms with E-state index < -0.39 is 17.8 Å². The van der Waals surface area contributed by atoms with Gasteiger partial charge in [0.2, 0.25) is 11.8 Å². The van der Waals surface area contributed by atoms with Crippen LogP contribution in [-0.4, -0.2) is 34.7 Å². The smallest absolute Gasteiger partial charge is 0.307 e. The topological polar surface area (TPSA) is 97.8 Å². The molecule has 1 aromatic heterocycles. The van der Waals surface area contributed by atoms with E-state index in [0.29, 0.717) is 37.6 Å². The van der Waals surface area contributed by atoms with Gasteiger partial charge in [-0.05, 0) is 74.4 Å². The molecule has 0 unspecified atom stereocenters. The molecule has 2 N–H and O–H groups in total. The first-order valence-corrected chi connectivity index (χ1v) is 12.8. The van der Waals surface area contributed by atoms with Crippen molar-refractivity contribution in [3.05, 3.63) is 41.6 Å². The van der Waals surface area contributed by atoms with Crippen molar-refractivity contribution in [2.24, 2.45) is 11.8 Å². The number of amides is 1. The second-order valence-electron chi connectivity index (χ2n) is 9.64. The number of aliphatic carboxylic acids is 1. The Morgan fingerprint density at radius 2 is 1.74 bits per heavy atom. The molecule has 2 atom stereocenters. The molecular formula is C28H36N2O5. The molecule has 7 heteroatoms. The lowest BCUT2D eigenvalue weighted by Crippen LogP contribution is -2.36.